The Labute approximate surface area is 244 Å². The minimum absolute atomic E-state index is 0.0297. The maximum atomic E-state index is 13.8. The van der Waals surface area contributed by atoms with E-state index in [1.807, 2.05) is 0 Å². The number of amides is 1. The highest BCUT2D eigenvalue weighted by atomic mass is 19.1. The zero-order chi connectivity index (χ0) is 29.6. The molecule has 0 saturated carbocycles. The minimum Gasteiger partial charge on any atom is -0.504 e. The van der Waals surface area contributed by atoms with Gasteiger partial charge in [0, 0.05) is 45.0 Å². The van der Waals surface area contributed by atoms with E-state index >= 15 is 0 Å². The first kappa shape index (κ1) is 32.0. The lowest BCUT2D eigenvalue weighted by Gasteiger charge is -2.26. The third-order valence-electron chi connectivity index (χ3n) is 7.16. The number of benzene rings is 2. The van der Waals surface area contributed by atoms with Crippen LogP contribution in [0.5, 0.6) is 5.75 Å². The summed E-state index contributed by atoms with van der Waals surface area (Å²) >= 11 is 0. The van der Waals surface area contributed by atoms with Crippen molar-refractivity contribution >= 4 is 11.7 Å². The highest BCUT2D eigenvalue weighted by Gasteiger charge is 2.16. The third kappa shape index (κ3) is 10.4. The molecule has 1 unspecified atom stereocenters. The van der Waals surface area contributed by atoms with Crippen molar-refractivity contribution in [1.29, 1.82) is 0 Å². The Balaban J connectivity index is 1.50. The van der Waals surface area contributed by atoms with E-state index in [1.54, 1.807) is 19.1 Å². The van der Waals surface area contributed by atoms with E-state index in [2.05, 4.69) is 70.9 Å². The molecule has 222 valence electrons. The summed E-state index contributed by atoms with van der Waals surface area (Å²) in [5.74, 6) is -0.236. The summed E-state index contributed by atoms with van der Waals surface area (Å²) in [6.45, 7) is 12.3. The number of rotatable bonds is 17. The summed E-state index contributed by atoms with van der Waals surface area (Å²) in [4.78, 5) is 19.2. The van der Waals surface area contributed by atoms with Crippen molar-refractivity contribution < 1.29 is 14.3 Å². The molecule has 0 saturated heterocycles. The van der Waals surface area contributed by atoms with Crippen LogP contribution in [0, 0.1) is 19.7 Å². The zero-order valence-electron chi connectivity index (χ0n) is 25.0. The van der Waals surface area contributed by atoms with Crippen molar-refractivity contribution in [3.05, 3.63) is 88.4 Å². The van der Waals surface area contributed by atoms with E-state index < -0.39 is 0 Å². The number of carbonyl (C=O) groups is 1. The summed E-state index contributed by atoms with van der Waals surface area (Å²) in [5, 5.41) is 20.8. The van der Waals surface area contributed by atoms with Crippen LogP contribution in [0.3, 0.4) is 0 Å². The molecule has 1 amide bonds. The second-order valence-corrected chi connectivity index (χ2v) is 10.7. The lowest BCUT2D eigenvalue weighted by molar-refractivity contribution is 0.0950. The van der Waals surface area contributed by atoms with Crippen molar-refractivity contribution in [2.24, 2.45) is 0 Å². The zero-order valence-corrected chi connectivity index (χ0v) is 25.0. The molecule has 0 fully saturated rings. The van der Waals surface area contributed by atoms with Crippen LogP contribution in [-0.4, -0.2) is 48.2 Å². The standard InChI is InChI=1S/C33H46FN5O2/c1-5-7-29(14-15-35-21-26-11-8-24(3)9-12-26)36-16-18-39(17-6-2)32-31(40)20-28(23-37-32)33(41)38-22-27-13-10-25(4)30(34)19-27/h8-13,19-20,23,29,35-36,40H,5-7,14-18,21-22H2,1-4H3,(H,38,41). The first-order chi connectivity index (χ1) is 19.8. The van der Waals surface area contributed by atoms with Gasteiger partial charge < -0.3 is 26.0 Å². The fourth-order valence-corrected chi connectivity index (χ4v) is 4.75. The van der Waals surface area contributed by atoms with Crippen LogP contribution in [0.4, 0.5) is 10.2 Å². The number of anilines is 1. The van der Waals surface area contributed by atoms with Crippen molar-refractivity contribution in [3.8, 4) is 5.75 Å². The average Bonchev–Trinajstić information content (AvgIpc) is 2.96. The smallest absolute Gasteiger partial charge is 0.253 e. The lowest BCUT2D eigenvalue weighted by atomic mass is 10.1. The predicted molar refractivity (Wildman–Crippen MR) is 165 cm³/mol. The molecule has 0 bridgehead atoms. The van der Waals surface area contributed by atoms with Gasteiger partial charge in [0.05, 0.1) is 5.56 Å². The van der Waals surface area contributed by atoms with Gasteiger partial charge in [0.2, 0.25) is 0 Å². The molecule has 0 aliphatic heterocycles. The number of carbonyl (C=O) groups excluding carboxylic acids is 1. The molecule has 1 aromatic heterocycles. The molecule has 0 radical (unpaired) electrons. The fraction of sp³-hybridized carbons (Fsp3) is 0.455. The number of halogens is 1. The molecule has 0 spiro atoms. The van der Waals surface area contributed by atoms with Crippen LogP contribution < -0.4 is 20.9 Å². The Morgan fingerprint density at radius 2 is 1.71 bits per heavy atom. The van der Waals surface area contributed by atoms with Crippen LogP contribution in [0.15, 0.2) is 54.7 Å². The molecular weight excluding hydrogens is 517 g/mol. The Morgan fingerprint density at radius 3 is 2.39 bits per heavy atom. The van der Waals surface area contributed by atoms with E-state index in [-0.39, 0.29) is 29.6 Å². The molecule has 3 rings (SSSR count). The van der Waals surface area contributed by atoms with Gasteiger partial charge in [0.15, 0.2) is 11.6 Å². The van der Waals surface area contributed by atoms with Gasteiger partial charge in [0.1, 0.15) is 5.82 Å². The van der Waals surface area contributed by atoms with E-state index in [1.165, 1.54) is 29.5 Å². The number of pyridine rings is 1. The molecule has 4 N–H and O–H groups in total. The van der Waals surface area contributed by atoms with Gasteiger partial charge in [-0.1, -0.05) is 62.2 Å². The Kier molecular flexibility index (Phi) is 13.0. The van der Waals surface area contributed by atoms with Crippen molar-refractivity contribution in [3.63, 3.8) is 0 Å². The normalized spacial score (nSPS) is 11.8. The summed E-state index contributed by atoms with van der Waals surface area (Å²) in [7, 11) is 0. The highest BCUT2D eigenvalue weighted by molar-refractivity contribution is 5.94. The molecule has 3 aromatic rings. The topological polar surface area (TPSA) is 89.5 Å². The SMILES string of the molecule is CCCC(CCNCc1ccc(C)cc1)NCCN(CCC)c1ncc(C(=O)NCc2ccc(C)c(F)c2)cc1O. The number of hydrogen-bond donors (Lipinski definition) is 4. The predicted octanol–water partition coefficient (Wildman–Crippen LogP) is 5.63. The second kappa shape index (κ2) is 16.7. The van der Waals surface area contributed by atoms with Gasteiger partial charge >= 0.3 is 0 Å². The Bertz CT molecular complexity index is 1230. The maximum Gasteiger partial charge on any atom is 0.253 e. The summed E-state index contributed by atoms with van der Waals surface area (Å²) in [6.07, 6.45) is 5.63. The van der Waals surface area contributed by atoms with Crippen molar-refractivity contribution in [1.82, 2.24) is 20.9 Å². The minimum atomic E-state index is -0.373. The molecule has 2 aromatic carbocycles. The molecule has 8 heteroatoms. The van der Waals surface area contributed by atoms with E-state index in [0.29, 0.717) is 29.5 Å². The quantitative estimate of drug-likeness (QED) is 0.159. The molecule has 0 aliphatic carbocycles. The largest absolute Gasteiger partial charge is 0.504 e. The summed E-state index contributed by atoms with van der Waals surface area (Å²) in [5.41, 5.74) is 4.05. The molecule has 0 aliphatic rings. The van der Waals surface area contributed by atoms with E-state index in [9.17, 15) is 14.3 Å². The Morgan fingerprint density at radius 1 is 0.951 bits per heavy atom. The fourth-order valence-electron chi connectivity index (χ4n) is 4.75. The van der Waals surface area contributed by atoms with Gasteiger partial charge in [0.25, 0.3) is 5.91 Å². The van der Waals surface area contributed by atoms with E-state index in [4.69, 9.17) is 0 Å². The highest BCUT2D eigenvalue weighted by Crippen LogP contribution is 2.25. The van der Waals surface area contributed by atoms with Crippen LogP contribution in [-0.2, 0) is 13.1 Å². The number of aromatic nitrogens is 1. The lowest BCUT2D eigenvalue weighted by Crippen LogP contribution is -2.39. The molecular formula is C33H46FN5O2. The van der Waals surface area contributed by atoms with Crippen LogP contribution >= 0.6 is 0 Å². The number of nitrogens with zero attached hydrogens (tertiary/aromatic N) is 2. The van der Waals surface area contributed by atoms with Crippen LogP contribution in [0.1, 0.15) is 72.1 Å². The molecule has 1 heterocycles. The van der Waals surface area contributed by atoms with Gasteiger partial charge in [-0.2, -0.15) is 0 Å². The first-order valence-corrected chi connectivity index (χ1v) is 14.8. The monoisotopic (exact) mass is 563 g/mol. The Hall–Kier alpha value is -3.49. The number of nitrogens with one attached hydrogen (secondary N) is 3. The molecule has 7 nitrogen and oxygen atoms in total. The van der Waals surface area contributed by atoms with Gasteiger partial charge in [-0.3, -0.25) is 4.79 Å². The van der Waals surface area contributed by atoms with Crippen molar-refractivity contribution in [2.45, 2.75) is 72.5 Å². The summed E-state index contributed by atoms with van der Waals surface area (Å²) in [6, 6.07) is 15.4. The van der Waals surface area contributed by atoms with Crippen LogP contribution in [0.2, 0.25) is 0 Å². The number of hydrogen-bond acceptors (Lipinski definition) is 6. The molecule has 41 heavy (non-hydrogen) atoms. The second-order valence-electron chi connectivity index (χ2n) is 10.7. The first-order valence-electron chi connectivity index (χ1n) is 14.8. The molecule has 1 atom stereocenters. The average molecular weight is 564 g/mol. The third-order valence-corrected chi connectivity index (χ3v) is 7.16. The summed E-state index contributed by atoms with van der Waals surface area (Å²) < 4.78 is 13.8. The number of aryl methyl sites for hydroxylation is 2. The van der Waals surface area contributed by atoms with Crippen molar-refractivity contribution in [2.75, 3.05) is 31.1 Å². The maximum absolute atomic E-state index is 13.8. The van der Waals surface area contributed by atoms with Gasteiger partial charge in [-0.15, -0.1) is 0 Å². The van der Waals surface area contributed by atoms with Gasteiger partial charge in [-0.05, 0) is 68.5 Å². The van der Waals surface area contributed by atoms with E-state index in [0.717, 1.165) is 51.9 Å². The van der Waals surface area contributed by atoms with Crippen LogP contribution in [0.25, 0.3) is 0 Å². The number of aromatic hydroxyl groups is 1. The van der Waals surface area contributed by atoms with Gasteiger partial charge in [-0.25, -0.2) is 9.37 Å².